The van der Waals surface area contributed by atoms with Gasteiger partial charge in [-0.2, -0.15) is 0 Å². The fraction of sp³-hybridized carbons (Fsp3) is 0.667. The average molecular weight is 571 g/mol. The van der Waals surface area contributed by atoms with Crippen molar-refractivity contribution >= 4 is 57.2 Å². The first-order chi connectivity index (χ1) is 14.0. The van der Waals surface area contributed by atoms with E-state index in [1.54, 1.807) is 17.5 Å². The van der Waals surface area contributed by atoms with E-state index >= 15 is 0 Å². The molecule has 2 heterocycles. The normalized spacial score (nSPS) is 18.0. The van der Waals surface area contributed by atoms with Gasteiger partial charge in [-0.25, -0.2) is 13.1 Å². The third-order valence-corrected chi connectivity index (χ3v) is 7.60. The van der Waals surface area contributed by atoms with E-state index in [1.165, 1.54) is 11.3 Å². The summed E-state index contributed by atoms with van der Waals surface area (Å²) in [5, 5.41) is 8.04. The predicted octanol–water partition coefficient (Wildman–Crippen LogP) is 0.506. The number of nitrogens with zero attached hydrogens (tertiary/aromatic N) is 3. The molecular weight excluding hydrogens is 539 g/mol. The van der Waals surface area contributed by atoms with E-state index in [0.29, 0.717) is 23.3 Å². The smallest absolute Gasteiger partial charge is 0.250 e. The Kier molecular flexibility index (Phi) is 10.3. The van der Waals surface area contributed by atoms with Crippen LogP contribution in [-0.2, 0) is 14.8 Å². The lowest BCUT2D eigenvalue weighted by molar-refractivity contribution is -0.122. The molecule has 1 aliphatic carbocycles. The number of carbonyl (C=O) groups is 1. The zero-order chi connectivity index (χ0) is 20.7. The summed E-state index contributed by atoms with van der Waals surface area (Å²) in [5.41, 5.74) is 0. The second kappa shape index (κ2) is 12.2. The van der Waals surface area contributed by atoms with Crippen LogP contribution in [0.5, 0.6) is 0 Å². The molecule has 3 N–H and O–H groups in total. The first-order valence-corrected chi connectivity index (χ1v) is 12.4. The van der Waals surface area contributed by atoms with E-state index in [4.69, 9.17) is 0 Å². The molecule has 1 saturated carbocycles. The van der Waals surface area contributed by atoms with Gasteiger partial charge in [0, 0.05) is 45.3 Å². The lowest BCUT2D eigenvalue weighted by Crippen LogP contribution is -2.54. The SMILES string of the molecule is CCNC(=NCCNS(=O)(=O)c1cccs1)N1CCN(CC(=O)NC2CC2)CC1.I. The molecule has 1 aromatic heterocycles. The number of nitrogens with one attached hydrogen (secondary N) is 3. The number of halogens is 1. The highest BCUT2D eigenvalue weighted by Crippen LogP contribution is 2.18. The molecule has 0 aromatic carbocycles. The number of sulfonamides is 1. The number of guanidine groups is 1. The molecule has 1 aliphatic heterocycles. The Morgan fingerprint density at radius 3 is 2.60 bits per heavy atom. The molecule has 0 radical (unpaired) electrons. The molecule has 1 amide bonds. The third kappa shape index (κ3) is 7.94. The van der Waals surface area contributed by atoms with Crippen molar-refractivity contribution in [2.75, 3.05) is 52.4 Å². The zero-order valence-corrected chi connectivity index (χ0v) is 21.1. The number of rotatable bonds is 9. The fourth-order valence-electron chi connectivity index (χ4n) is 3.08. The van der Waals surface area contributed by atoms with Gasteiger partial charge in [-0.3, -0.25) is 14.7 Å². The van der Waals surface area contributed by atoms with Crippen LogP contribution in [0.1, 0.15) is 19.8 Å². The van der Waals surface area contributed by atoms with Crippen molar-refractivity contribution in [3.05, 3.63) is 17.5 Å². The molecule has 30 heavy (non-hydrogen) atoms. The summed E-state index contributed by atoms with van der Waals surface area (Å²) < 4.78 is 27.2. The van der Waals surface area contributed by atoms with Crippen molar-refractivity contribution in [2.45, 2.75) is 30.0 Å². The summed E-state index contributed by atoms with van der Waals surface area (Å²) in [7, 11) is -3.45. The maximum absolute atomic E-state index is 12.1. The minimum atomic E-state index is -3.45. The van der Waals surface area contributed by atoms with E-state index in [9.17, 15) is 13.2 Å². The number of hydrogen-bond acceptors (Lipinski definition) is 6. The minimum Gasteiger partial charge on any atom is -0.357 e. The number of aliphatic imine (C=N–C) groups is 1. The summed E-state index contributed by atoms with van der Waals surface area (Å²) in [4.78, 5) is 20.8. The number of piperazine rings is 1. The molecule has 3 rings (SSSR count). The van der Waals surface area contributed by atoms with E-state index in [0.717, 1.165) is 51.5 Å². The van der Waals surface area contributed by atoms with Gasteiger partial charge in [-0.1, -0.05) is 6.07 Å². The van der Waals surface area contributed by atoms with Crippen LogP contribution >= 0.6 is 35.3 Å². The first kappa shape index (κ1) is 25.3. The predicted molar refractivity (Wildman–Crippen MR) is 130 cm³/mol. The number of amides is 1. The standard InChI is InChI=1S/C18H30N6O3S2.HI/c1-2-19-18(20-7-8-21-29(26,27)17-4-3-13-28-17)24-11-9-23(10-12-24)14-16(25)22-15-5-6-15;/h3-4,13,15,21H,2,5-12,14H2,1H3,(H,19,20)(H,22,25);1H. The Bertz CT molecular complexity index is 791. The quantitative estimate of drug-likeness (QED) is 0.173. The van der Waals surface area contributed by atoms with Gasteiger partial charge in [0.1, 0.15) is 4.21 Å². The highest BCUT2D eigenvalue weighted by Gasteiger charge is 2.26. The van der Waals surface area contributed by atoms with Crippen LogP contribution < -0.4 is 15.4 Å². The summed E-state index contributed by atoms with van der Waals surface area (Å²) in [5.74, 6) is 0.893. The Balaban J connectivity index is 0.00000320. The van der Waals surface area contributed by atoms with Crippen LogP contribution in [0.2, 0.25) is 0 Å². The monoisotopic (exact) mass is 570 g/mol. The maximum Gasteiger partial charge on any atom is 0.250 e. The average Bonchev–Trinajstić information content (AvgIpc) is 3.31. The number of carbonyl (C=O) groups excluding carboxylic acids is 1. The van der Waals surface area contributed by atoms with Crippen molar-refractivity contribution in [2.24, 2.45) is 4.99 Å². The first-order valence-electron chi connectivity index (χ1n) is 10.1. The minimum absolute atomic E-state index is 0. The van der Waals surface area contributed by atoms with Gasteiger partial charge in [0.2, 0.25) is 15.9 Å². The van der Waals surface area contributed by atoms with Crippen molar-refractivity contribution in [3.8, 4) is 0 Å². The van der Waals surface area contributed by atoms with Crippen LogP contribution in [-0.4, -0.2) is 88.5 Å². The molecule has 9 nitrogen and oxygen atoms in total. The van der Waals surface area contributed by atoms with E-state index in [1.807, 2.05) is 6.92 Å². The second-order valence-electron chi connectivity index (χ2n) is 7.17. The highest BCUT2D eigenvalue weighted by molar-refractivity contribution is 14.0. The molecular formula is C18H31IN6O3S2. The van der Waals surface area contributed by atoms with E-state index < -0.39 is 10.0 Å². The van der Waals surface area contributed by atoms with Gasteiger partial charge in [-0.05, 0) is 31.2 Å². The summed E-state index contributed by atoms with van der Waals surface area (Å²) in [6, 6.07) is 3.70. The van der Waals surface area contributed by atoms with Crippen LogP contribution in [0.4, 0.5) is 0 Å². The Morgan fingerprint density at radius 2 is 2.00 bits per heavy atom. The molecule has 1 aromatic rings. The van der Waals surface area contributed by atoms with Gasteiger partial charge in [0.25, 0.3) is 0 Å². The van der Waals surface area contributed by atoms with Crippen LogP contribution in [0.3, 0.4) is 0 Å². The van der Waals surface area contributed by atoms with Crippen LogP contribution in [0, 0.1) is 0 Å². The molecule has 170 valence electrons. The van der Waals surface area contributed by atoms with Gasteiger partial charge < -0.3 is 15.5 Å². The second-order valence-corrected chi connectivity index (χ2v) is 10.1. The van der Waals surface area contributed by atoms with Gasteiger partial charge >= 0.3 is 0 Å². The maximum atomic E-state index is 12.1. The topological polar surface area (TPSA) is 106 Å². The Morgan fingerprint density at radius 1 is 1.27 bits per heavy atom. The Labute approximate surface area is 199 Å². The van der Waals surface area contributed by atoms with Gasteiger partial charge in [0.05, 0.1) is 13.1 Å². The fourth-order valence-corrected chi connectivity index (χ4v) is 5.14. The zero-order valence-electron chi connectivity index (χ0n) is 17.2. The molecule has 0 spiro atoms. The number of thiophene rings is 1. The molecule has 0 unspecified atom stereocenters. The lowest BCUT2D eigenvalue weighted by Gasteiger charge is -2.36. The summed E-state index contributed by atoms with van der Waals surface area (Å²) >= 11 is 1.20. The van der Waals surface area contributed by atoms with Crippen molar-refractivity contribution in [3.63, 3.8) is 0 Å². The molecule has 2 aliphatic rings. The van der Waals surface area contributed by atoms with E-state index in [-0.39, 0.29) is 36.4 Å². The highest BCUT2D eigenvalue weighted by atomic mass is 127. The Hall–Kier alpha value is -0.960. The third-order valence-electron chi connectivity index (χ3n) is 4.74. The molecule has 12 heteroatoms. The summed E-state index contributed by atoms with van der Waals surface area (Å²) in [6.07, 6.45) is 2.21. The molecule has 0 atom stereocenters. The van der Waals surface area contributed by atoms with Crippen molar-refractivity contribution in [1.29, 1.82) is 0 Å². The lowest BCUT2D eigenvalue weighted by atomic mass is 10.3. The summed E-state index contributed by atoms with van der Waals surface area (Å²) in [6.45, 7) is 6.96. The van der Waals surface area contributed by atoms with Gasteiger partial charge in [-0.15, -0.1) is 35.3 Å². The molecule has 2 fully saturated rings. The van der Waals surface area contributed by atoms with Crippen molar-refractivity contribution in [1.82, 2.24) is 25.2 Å². The van der Waals surface area contributed by atoms with Crippen LogP contribution in [0.25, 0.3) is 0 Å². The molecule has 1 saturated heterocycles. The number of hydrogen-bond donors (Lipinski definition) is 3. The van der Waals surface area contributed by atoms with Gasteiger partial charge in [0.15, 0.2) is 5.96 Å². The molecule has 0 bridgehead atoms. The largest absolute Gasteiger partial charge is 0.357 e. The van der Waals surface area contributed by atoms with Crippen LogP contribution in [0.15, 0.2) is 26.7 Å². The van der Waals surface area contributed by atoms with E-state index in [2.05, 4.69) is 30.1 Å². The van der Waals surface area contributed by atoms with Crippen molar-refractivity contribution < 1.29 is 13.2 Å².